The standard InChI is InChI=1S/C37H39N7O6/c1-20(28-25-10-4-2-8-23(25)24-9-3-5-11-26(24)28)49-37(48)43-17-15-21(16-18-43)7-6-12-27-41-33(38)29-34(42-27)44(19-39-29)36-31(46)30(45)32(50-36)35(47)40-22-13-14-22/h2-5,8-11,19-22,28,30-32,36,45-46H,7,13-18H2,1H3,(H,40,47)(H2,38,41,42)/t20?,30-,31?,32+,36-/m1/s1. The molecule has 13 nitrogen and oxygen atoms in total. The third kappa shape index (κ3) is 5.93. The number of aromatic nitrogens is 4. The molecule has 50 heavy (non-hydrogen) atoms. The van der Waals surface area contributed by atoms with Crippen LogP contribution >= 0.6 is 0 Å². The normalized spacial score (nSPS) is 23.9. The number of fused-ring (bicyclic) bond motifs is 4. The monoisotopic (exact) mass is 677 g/mol. The van der Waals surface area contributed by atoms with Gasteiger partial charge in [-0.15, -0.1) is 0 Å². The van der Waals surface area contributed by atoms with E-state index >= 15 is 0 Å². The summed E-state index contributed by atoms with van der Waals surface area (Å²) in [6.07, 6.45) is -0.453. The van der Waals surface area contributed by atoms with E-state index in [1.165, 1.54) is 33.1 Å². The Morgan fingerprint density at radius 1 is 1.02 bits per heavy atom. The van der Waals surface area contributed by atoms with E-state index in [0.29, 0.717) is 25.0 Å². The summed E-state index contributed by atoms with van der Waals surface area (Å²) in [6, 6.07) is 16.7. The van der Waals surface area contributed by atoms with Gasteiger partial charge in [-0.05, 0) is 66.7 Å². The Kier molecular flexibility index (Phi) is 8.38. The number of nitrogen functional groups attached to an aromatic ring is 1. The number of anilines is 1. The van der Waals surface area contributed by atoms with Crippen LogP contribution in [-0.2, 0) is 14.3 Å². The fourth-order valence-electron chi connectivity index (χ4n) is 7.39. The molecule has 2 aliphatic carbocycles. The molecule has 2 aliphatic heterocycles. The maximum absolute atomic E-state index is 13.3. The van der Waals surface area contributed by atoms with Crippen LogP contribution in [0.3, 0.4) is 0 Å². The minimum Gasteiger partial charge on any atom is -0.445 e. The number of nitrogens with two attached hydrogens (primary N) is 1. The number of carbonyl (C=O) groups is 2. The number of ether oxygens (including phenoxy) is 2. The Morgan fingerprint density at radius 3 is 2.38 bits per heavy atom. The summed E-state index contributed by atoms with van der Waals surface area (Å²) < 4.78 is 13.3. The summed E-state index contributed by atoms with van der Waals surface area (Å²) in [6.45, 7) is 3.14. The lowest BCUT2D eigenvalue weighted by Gasteiger charge is -2.32. The van der Waals surface area contributed by atoms with Gasteiger partial charge in [0.25, 0.3) is 5.91 Å². The molecule has 8 rings (SSSR count). The third-order valence-electron chi connectivity index (χ3n) is 10.2. The van der Waals surface area contributed by atoms with E-state index in [2.05, 4.69) is 56.4 Å². The number of aliphatic hydroxyl groups is 2. The van der Waals surface area contributed by atoms with Crippen LogP contribution in [-0.4, -0.2) is 90.2 Å². The van der Waals surface area contributed by atoms with Crippen molar-refractivity contribution < 1.29 is 29.3 Å². The zero-order valence-electron chi connectivity index (χ0n) is 27.6. The summed E-state index contributed by atoms with van der Waals surface area (Å²) in [5.41, 5.74) is 11.5. The maximum atomic E-state index is 13.3. The van der Waals surface area contributed by atoms with Gasteiger partial charge in [0.05, 0.1) is 6.33 Å². The fourth-order valence-corrected chi connectivity index (χ4v) is 7.39. The molecule has 13 heteroatoms. The van der Waals surface area contributed by atoms with Crippen molar-refractivity contribution in [1.29, 1.82) is 0 Å². The smallest absolute Gasteiger partial charge is 0.410 e. The van der Waals surface area contributed by atoms with Crippen molar-refractivity contribution in [3.05, 3.63) is 71.8 Å². The zero-order chi connectivity index (χ0) is 34.5. The second-order valence-corrected chi connectivity index (χ2v) is 13.6. The van der Waals surface area contributed by atoms with E-state index in [1.54, 1.807) is 4.90 Å². The molecule has 0 bridgehead atoms. The van der Waals surface area contributed by atoms with Crippen molar-refractivity contribution in [3.63, 3.8) is 0 Å². The van der Waals surface area contributed by atoms with Crippen molar-refractivity contribution in [3.8, 4) is 23.0 Å². The van der Waals surface area contributed by atoms with Gasteiger partial charge in [-0.1, -0.05) is 54.5 Å². The Labute approximate surface area is 288 Å². The van der Waals surface area contributed by atoms with E-state index in [0.717, 1.165) is 25.7 Å². The first-order chi connectivity index (χ1) is 24.3. The van der Waals surface area contributed by atoms with Gasteiger partial charge >= 0.3 is 6.09 Å². The van der Waals surface area contributed by atoms with Crippen LogP contribution in [0.5, 0.6) is 0 Å². The average molecular weight is 678 g/mol. The predicted octanol–water partition coefficient (Wildman–Crippen LogP) is 3.10. The Morgan fingerprint density at radius 2 is 1.70 bits per heavy atom. The molecule has 4 heterocycles. The molecule has 2 aromatic carbocycles. The molecule has 2 amide bonds. The molecular weight excluding hydrogens is 638 g/mol. The molecule has 258 valence electrons. The number of nitrogens with one attached hydrogen (secondary N) is 1. The van der Waals surface area contributed by atoms with Crippen LogP contribution in [0.15, 0.2) is 54.9 Å². The molecule has 5 N–H and O–H groups in total. The number of piperidine rings is 1. The van der Waals surface area contributed by atoms with Crippen LogP contribution < -0.4 is 11.1 Å². The Balaban J connectivity index is 0.880. The number of nitrogens with zero attached hydrogens (tertiary/aromatic N) is 5. The molecule has 0 spiro atoms. The molecule has 5 atom stereocenters. The van der Waals surface area contributed by atoms with Gasteiger partial charge in [-0.3, -0.25) is 9.36 Å². The average Bonchev–Trinajstić information content (AvgIpc) is 3.61. The van der Waals surface area contributed by atoms with E-state index in [4.69, 9.17) is 15.2 Å². The molecule has 0 radical (unpaired) electrons. The van der Waals surface area contributed by atoms with Gasteiger partial charge in [0.1, 0.15) is 23.8 Å². The maximum Gasteiger partial charge on any atom is 0.410 e. The van der Waals surface area contributed by atoms with Crippen LogP contribution in [0.2, 0.25) is 0 Å². The summed E-state index contributed by atoms with van der Waals surface area (Å²) >= 11 is 0. The zero-order valence-corrected chi connectivity index (χ0v) is 27.6. The van der Waals surface area contributed by atoms with Crippen LogP contribution in [0.4, 0.5) is 10.6 Å². The summed E-state index contributed by atoms with van der Waals surface area (Å²) in [5, 5.41) is 24.1. The number of amides is 2. The number of benzene rings is 2. The Bertz CT molecular complexity index is 1960. The van der Waals surface area contributed by atoms with E-state index in [-0.39, 0.29) is 47.4 Å². The highest BCUT2D eigenvalue weighted by Crippen LogP contribution is 2.47. The van der Waals surface area contributed by atoms with Gasteiger partial charge in [0.15, 0.2) is 23.8 Å². The second kappa shape index (κ2) is 13.0. The highest BCUT2D eigenvalue weighted by molar-refractivity contribution is 5.84. The van der Waals surface area contributed by atoms with Crippen molar-refractivity contribution in [2.24, 2.45) is 5.92 Å². The van der Waals surface area contributed by atoms with Crippen LogP contribution in [0.25, 0.3) is 22.3 Å². The topological polar surface area (TPSA) is 178 Å². The lowest BCUT2D eigenvalue weighted by Crippen LogP contribution is -2.43. The molecule has 2 saturated heterocycles. The molecule has 1 saturated carbocycles. The minimum absolute atomic E-state index is 0.00834. The second-order valence-electron chi connectivity index (χ2n) is 13.6. The molecule has 2 unspecified atom stereocenters. The number of rotatable bonds is 6. The lowest BCUT2D eigenvalue weighted by molar-refractivity contribution is -0.137. The van der Waals surface area contributed by atoms with Gasteiger partial charge in [0, 0.05) is 31.5 Å². The molecule has 4 aromatic rings. The van der Waals surface area contributed by atoms with Gasteiger partial charge in [-0.25, -0.2) is 19.7 Å². The van der Waals surface area contributed by atoms with Gasteiger partial charge in [-0.2, -0.15) is 0 Å². The predicted molar refractivity (Wildman–Crippen MR) is 182 cm³/mol. The number of hydrogen-bond acceptors (Lipinski definition) is 10. The summed E-state index contributed by atoms with van der Waals surface area (Å²) in [5.74, 6) is 6.27. The van der Waals surface area contributed by atoms with Crippen molar-refractivity contribution in [1.82, 2.24) is 29.7 Å². The summed E-state index contributed by atoms with van der Waals surface area (Å²) in [4.78, 5) is 40.7. The fraction of sp³-hybridized carbons (Fsp3) is 0.432. The van der Waals surface area contributed by atoms with Gasteiger partial charge in [0.2, 0.25) is 5.82 Å². The number of imidazole rings is 1. The van der Waals surface area contributed by atoms with Crippen LogP contribution in [0, 0.1) is 17.8 Å². The van der Waals surface area contributed by atoms with E-state index in [9.17, 15) is 19.8 Å². The van der Waals surface area contributed by atoms with Crippen molar-refractivity contribution in [2.45, 2.75) is 81.6 Å². The molecule has 3 fully saturated rings. The van der Waals surface area contributed by atoms with Crippen molar-refractivity contribution in [2.75, 3.05) is 18.8 Å². The number of carbonyl (C=O) groups excluding carboxylic acids is 2. The minimum atomic E-state index is -1.42. The first kappa shape index (κ1) is 32.2. The van der Waals surface area contributed by atoms with Gasteiger partial charge < -0.3 is 35.6 Å². The number of likely N-dealkylation sites (tertiary alicyclic amines) is 1. The first-order valence-corrected chi connectivity index (χ1v) is 17.2. The van der Waals surface area contributed by atoms with Crippen molar-refractivity contribution >= 4 is 29.0 Å². The molecule has 2 aromatic heterocycles. The highest BCUT2D eigenvalue weighted by atomic mass is 16.6. The summed E-state index contributed by atoms with van der Waals surface area (Å²) in [7, 11) is 0. The largest absolute Gasteiger partial charge is 0.445 e. The quantitative estimate of drug-likeness (QED) is 0.222. The van der Waals surface area contributed by atoms with E-state index < -0.39 is 30.4 Å². The van der Waals surface area contributed by atoms with Crippen LogP contribution in [0.1, 0.15) is 68.1 Å². The number of aliphatic hydroxyl groups excluding tert-OH is 2. The molecular formula is C37H39N7O6. The lowest BCUT2D eigenvalue weighted by atomic mass is 9.92. The van der Waals surface area contributed by atoms with E-state index in [1.807, 2.05) is 31.2 Å². The molecule has 4 aliphatic rings. The Hall–Kier alpha value is -5.03. The highest BCUT2D eigenvalue weighted by Gasteiger charge is 2.48. The third-order valence-corrected chi connectivity index (χ3v) is 10.2. The SMILES string of the molecule is CC(OC(=O)N1CCC(CC#Cc2nc(N)c3ncn([C@@H]4O[C@H](C(=O)NC5CC5)[C@H](O)C4O)c3n2)CC1)C1c2ccccc2-c2ccccc21. The first-order valence-electron chi connectivity index (χ1n) is 17.2. The number of hydrogen-bond donors (Lipinski definition) is 4.